The molecule has 0 amide bonds. The Labute approximate surface area is 108 Å². The van der Waals surface area contributed by atoms with Gasteiger partial charge < -0.3 is 14.2 Å². The third-order valence-electron chi connectivity index (χ3n) is 2.90. The lowest BCUT2D eigenvalue weighted by atomic mass is 10.1. The molecule has 0 spiro atoms. The summed E-state index contributed by atoms with van der Waals surface area (Å²) in [4.78, 5) is 22.4. The van der Waals surface area contributed by atoms with Crippen molar-refractivity contribution in [2.45, 2.75) is 57.7 Å². The van der Waals surface area contributed by atoms with Crippen molar-refractivity contribution >= 4 is 11.9 Å². The fourth-order valence-electron chi connectivity index (χ4n) is 1.72. The van der Waals surface area contributed by atoms with Gasteiger partial charge in [-0.3, -0.25) is 0 Å². The number of rotatable bonds is 9. The molecule has 0 radical (unpaired) electrons. The zero-order valence-corrected chi connectivity index (χ0v) is 11.1. The standard InChI is InChI=1S/C13H22O5/c1-3-4-5-6-7-8-9-17-13(15)11-10(18-11)12(14)16-2/h10-11H,3-9H2,1-2H3. The second-order valence-corrected chi connectivity index (χ2v) is 4.44. The van der Waals surface area contributed by atoms with Gasteiger partial charge in [0.1, 0.15) is 0 Å². The van der Waals surface area contributed by atoms with Gasteiger partial charge in [0.05, 0.1) is 13.7 Å². The van der Waals surface area contributed by atoms with E-state index in [-0.39, 0.29) is 0 Å². The molecule has 0 aromatic heterocycles. The summed E-state index contributed by atoms with van der Waals surface area (Å²) in [7, 11) is 1.27. The molecule has 18 heavy (non-hydrogen) atoms. The number of hydrogen-bond donors (Lipinski definition) is 0. The van der Waals surface area contributed by atoms with Crippen molar-refractivity contribution in [2.24, 2.45) is 0 Å². The minimum absolute atomic E-state index is 0.401. The molecule has 1 aliphatic rings. The molecule has 0 aliphatic carbocycles. The van der Waals surface area contributed by atoms with Gasteiger partial charge in [0.15, 0.2) is 12.2 Å². The molecule has 5 nitrogen and oxygen atoms in total. The first kappa shape index (κ1) is 15.0. The number of methoxy groups -OCH3 is 1. The van der Waals surface area contributed by atoms with Crippen LogP contribution in [0.3, 0.4) is 0 Å². The normalized spacial score (nSPS) is 21.4. The number of ether oxygens (including phenoxy) is 3. The number of carbonyl (C=O) groups excluding carboxylic acids is 2. The quantitative estimate of drug-likeness (QED) is 0.358. The van der Waals surface area contributed by atoms with Gasteiger partial charge in [0.25, 0.3) is 0 Å². The molecule has 1 rings (SSSR count). The van der Waals surface area contributed by atoms with Crippen molar-refractivity contribution in [3.8, 4) is 0 Å². The summed E-state index contributed by atoms with van der Waals surface area (Å²) >= 11 is 0. The van der Waals surface area contributed by atoms with Crippen molar-refractivity contribution in [2.75, 3.05) is 13.7 Å². The van der Waals surface area contributed by atoms with Crippen LogP contribution >= 0.6 is 0 Å². The molecule has 0 aromatic carbocycles. The molecule has 2 atom stereocenters. The second-order valence-electron chi connectivity index (χ2n) is 4.44. The van der Waals surface area contributed by atoms with Crippen LogP contribution in [0.15, 0.2) is 0 Å². The molecule has 1 aliphatic heterocycles. The maximum atomic E-state index is 11.4. The van der Waals surface area contributed by atoms with Crippen LogP contribution in [-0.2, 0) is 23.8 Å². The van der Waals surface area contributed by atoms with Crippen LogP contribution in [0.4, 0.5) is 0 Å². The first-order valence-corrected chi connectivity index (χ1v) is 6.60. The van der Waals surface area contributed by atoms with Crippen molar-refractivity contribution in [3.05, 3.63) is 0 Å². The van der Waals surface area contributed by atoms with Gasteiger partial charge in [-0.1, -0.05) is 39.0 Å². The van der Waals surface area contributed by atoms with Crippen molar-refractivity contribution in [1.82, 2.24) is 0 Å². The molecule has 5 heteroatoms. The highest BCUT2D eigenvalue weighted by Gasteiger charge is 2.52. The average molecular weight is 258 g/mol. The molecule has 2 unspecified atom stereocenters. The van der Waals surface area contributed by atoms with Crippen LogP contribution in [0, 0.1) is 0 Å². The van der Waals surface area contributed by atoms with Gasteiger partial charge in [-0.05, 0) is 6.42 Å². The SMILES string of the molecule is CCCCCCCCOC(=O)C1OC1C(=O)OC. The Hall–Kier alpha value is -1.10. The van der Waals surface area contributed by atoms with Gasteiger partial charge in [-0.15, -0.1) is 0 Å². The van der Waals surface area contributed by atoms with E-state index in [0.717, 1.165) is 12.8 Å². The number of carbonyl (C=O) groups is 2. The largest absolute Gasteiger partial charge is 0.467 e. The maximum Gasteiger partial charge on any atom is 0.338 e. The fourth-order valence-corrected chi connectivity index (χ4v) is 1.72. The number of hydrogen-bond acceptors (Lipinski definition) is 5. The lowest BCUT2D eigenvalue weighted by molar-refractivity contribution is -0.146. The average Bonchev–Trinajstić information content (AvgIpc) is 3.17. The third-order valence-corrected chi connectivity index (χ3v) is 2.90. The first-order valence-electron chi connectivity index (χ1n) is 6.60. The Morgan fingerprint density at radius 2 is 1.61 bits per heavy atom. The van der Waals surface area contributed by atoms with E-state index in [1.54, 1.807) is 0 Å². The van der Waals surface area contributed by atoms with E-state index in [4.69, 9.17) is 9.47 Å². The Bertz CT molecular complexity index is 277. The summed E-state index contributed by atoms with van der Waals surface area (Å²) in [5.74, 6) is -0.976. The summed E-state index contributed by atoms with van der Waals surface area (Å²) in [6.45, 7) is 2.58. The van der Waals surface area contributed by atoms with Gasteiger partial charge in [-0.2, -0.15) is 0 Å². The lowest BCUT2D eigenvalue weighted by Crippen LogP contribution is -2.19. The monoisotopic (exact) mass is 258 g/mol. The molecule has 1 fully saturated rings. The summed E-state index contributed by atoms with van der Waals surface area (Å²) in [5, 5.41) is 0. The summed E-state index contributed by atoms with van der Waals surface area (Å²) in [5.41, 5.74) is 0. The van der Waals surface area contributed by atoms with Crippen LogP contribution in [0.2, 0.25) is 0 Å². The summed E-state index contributed by atoms with van der Waals surface area (Å²) in [6.07, 6.45) is 5.32. The smallest absolute Gasteiger partial charge is 0.338 e. The maximum absolute atomic E-state index is 11.4. The Morgan fingerprint density at radius 1 is 1.00 bits per heavy atom. The summed E-state index contributed by atoms with van der Waals surface area (Å²) in [6, 6.07) is 0. The fraction of sp³-hybridized carbons (Fsp3) is 0.846. The van der Waals surface area contributed by atoms with E-state index >= 15 is 0 Å². The van der Waals surface area contributed by atoms with E-state index in [2.05, 4.69) is 11.7 Å². The number of unbranched alkanes of at least 4 members (excludes halogenated alkanes) is 5. The molecule has 1 saturated heterocycles. The predicted molar refractivity (Wildman–Crippen MR) is 65.0 cm³/mol. The van der Waals surface area contributed by atoms with E-state index in [9.17, 15) is 9.59 Å². The predicted octanol–water partition coefficient (Wildman–Crippen LogP) is 1.83. The molecule has 0 N–H and O–H groups in total. The van der Waals surface area contributed by atoms with Crippen LogP contribution in [0.5, 0.6) is 0 Å². The van der Waals surface area contributed by atoms with Gasteiger partial charge in [0, 0.05) is 0 Å². The number of epoxide rings is 1. The highest BCUT2D eigenvalue weighted by atomic mass is 16.7. The Kier molecular flexibility index (Phi) is 6.72. The van der Waals surface area contributed by atoms with E-state index < -0.39 is 24.1 Å². The van der Waals surface area contributed by atoms with E-state index in [1.165, 1.54) is 32.8 Å². The van der Waals surface area contributed by atoms with Gasteiger partial charge in [0.2, 0.25) is 0 Å². The molecule has 0 saturated carbocycles. The van der Waals surface area contributed by atoms with Gasteiger partial charge >= 0.3 is 11.9 Å². The third kappa shape index (κ3) is 5.04. The number of esters is 2. The molecule has 104 valence electrons. The molecular formula is C13H22O5. The van der Waals surface area contributed by atoms with Crippen molar-refractivity contribution in [3.63, 3.8) is 0 Å². The molecule has 0 aromatic rings. The summed E-state index contributed by atoms with van der Waals surface area (Å²) < 4.78 is 14.4. The minimum atomic E-state index is -0.757. The highest BCUT2D eigenvalue weighted by Crippen LogP contribution is 2.24. The molecule has 1 heterocycles. The van der Waals surface area contributed by atoms with Crippen LogP contribution in [0.1, 0.15) is 45.4 Å². The van der Waals surface area contributed by atoms with E-state index in [1.807, 2.05) is 0 Å². The Morgan fingerprint density at radius 3 is 2.28 bits per heavy atom. The van der Waals surface area contributed by atoms with Gasteiger partial charge in [-0.25, -0.2) is 9.59 Å². The highest BCUT2D eigenvalue weighted by molar-refractivity contribution is 5.89. The first-order chi connectivity index (χ1) is 8.70. The Balaban J connectivity index is 1.97. The van der Waals surface area contributed by atoms with Crippen LogP contribution in [0.25, 0.3) is 0 Å². The second kappa shape index (κ2) is 8.08. The molecule has 0 bridgehead atoms. The zero-order valence-electron chi connectivity index (χ0n) is 11.1. The minimum Gasteiger partial charge on any atom is -0.467 e. The van der Waals surface area contributed by atoms with Crippen LogP contribution < -0.4 is 0 Å². The zero-order chi connectivity index (χ0) is 13.4. The van der Waals surface area contributed by atoms with Crippen molar-refractivity contribution < 1.29 is 23.8 Å². The lowest BCUT2D eigenvalue weighted by Gasteiger charge is -2.02. The van der Waals surface area contributed by atoms with Crippen molar-refractivity contribution in [1.29, 1.82) is 0 Å². The van der Waals surface area contributed by atoms with Crippen LogP contribution in [-0.4, -0.2) is 37.9 Å². The topological polar surface area (TPSA) is 65.1 Å². The van der Waals surface area contributed by atoms with E-state index in [0.29, 0.717) is 6.61 Å². The molecular weight excluding hydrogens is 236 g/mol.